The molecule has 0 spiro atoms. The lowest BCUT2D eigenvalue weighted by molar-refractivity contribution is 0.0953. The quantitative estimate of drug-likeness (QED) is 0.799. The summed E-state index contributed by atoms with van der Waals surface area (Å²) in [5, 5.41) is 6.73. The number of nitrogens with one attached hydrogen (secondary N) is 2. The van der Waals surface area contributed by atoms with E-state index in [1.165, 1.54) is 0 Å². The van der Waals surface area contributed by atoms with Crippen LogP contribution in [0.4, 0.5) is 0 Å². The van der Waals surface area contributed by atoms with Gasteiger partial charge in [0.1, 0.15) is 0 Å². The van der Waals surface area contributed by atoms with Gasteiger partial charge in [-0.2, -0.15) is 0 Å². The van der Waals surface area contributed by atoms with E-state index in [-0.39, 0.29) is 5.91 Å². The van der Waals surface area contributed by atoms with Crippen molar-refractivity contribution in [3.63, 3.8) is 0 Å². The Morgan fingerprint density at radius 2 is 1.81 bits per heavy atom. The molecule has 0 bridgehead atoms. The van der Waals surface area contributed by atoms with Crippen LogP contribution in [0.15, 0.2) is 18.2 Å². The van der Waals surface area contributed by atoms with Crippen molar-refractivity contribution in [1.29, 1.82) is 0 Å². The molecule has 0 aliphatic carbocycles. The standard InChI is InChI=1S/C11H14Cl2N2O/c1-14-3-2-4-15-11(16)8-5-9(12)7-10(13)6-8/h5-7,14H,2-4H2,1H3,(H,15,16). The van der Waals surface area contributed by atoms with E-state index in [1.807, 2.05) is 7.05 Å². The third-order valence-electron chi connectivity index (χ3n) is 2.01. The Kier molecular flexibility index (Phi) is 5.60. The van der Waals surface area contributed by atoms with Crippen LogP contribution < -0.4 is 10.6 Å². The average molecular weight is 261 g/mol. The van der Waals surface area contributed by atoms with Gasteiger partial charge in [-0.3, -0.25) is 4.79 Å². The number of rotatable bonds is 5. The van der Waals surface area contributed by atoms with Gasteiger partial charge < -0.3 is 10.6 Å². The smallest absolute Gasteiger partial charge is 0.251 e. The molecule has 16 heavy (non-hydrogen) atoms. The average Bonchev–Trinajstić information content (AvgIpc) is 2.22. The molecule has 0 saturated carbocycles. The van der Waals surface area contributed by atoms with Gasteiger partial charge >= 0.3 is 0 Å². The highest BCUT2D eigenvalue weighted by atomic mass is 35.5. The van der Waals surface area contributed by atoms with Crippen molar-refractivity contribution in [3.05, 3.63) is 33.8 Å². The highest BCUT2D eigenvalue weighted by molar-refractivity contribution is 6.35. The Balaban J connectivity index is 2.52. The van der Waals surface area contributed by atoms with Crippen LogP contribution in [0, 0.1) is 0 Å². The van der Waals surface area contributed by atoms with Crippen LogP contribution in [0.3, 0.4) is 0 Å². The van der Waals surface area contributed by atoms with E-state index in [1.54, 1.807) is 18.2 Å². The number of carbonyl (C=O) groups is 1. The van der Waals surface area contributed by atoms with E-state index >= 15 is 0 Å². The normalized spacial score (nSPS) is 10.2. The van der Waals surface area contributed by atoms with E-state index < -0.39 is 0 Å². The second-order valence-electron chi connectivity index (χ2n) is 3.37. The molecule has 1 aromatic carbocycles. The molecular weight excluding hydrogens is 247 g/mol. The molecule has 2 N–H and O–H groups in total. The van der Waals surface area contributed by atoms with Gasteiger partial charge in [-0.25, -0.2) is 0 Å². The lowest BCUT2D eigenvalue weighted by atomic mass is 10.2. The number of hydrogen-bond acceptors (Lipinski definition) is 2. The number of hydrogen-bond donors (Lipinski definition) is 2. The van der Waals surface area contributed by atoms with Gasteiger partial charge in [0.2, 0.25) is 0 Å². The fourth-order valence-electron chi connectivity index (χ4n) is 1.25. The largest absolute Gasteiger partial charge is 0.352 e. The van der Waals surface area contributed by atoms with Crippen LogP contribution in [0.1, 0.15) is 16.8 Å². The number of amides is 1. The molecule has 1 rings (SSSR count). The Hall–Kier alpha value is -0.770. The Labute approximate surface area is 105 Å². The molecule has 1 amide bonds. The van der Waals surface area contributed by atoms with E-state index in [9.17, 15) is 4.79 Å². The first kappa shape index (κ1) is 13.3. The van der Waals surface area contributed by atoms with Crippen molar-refractivity contribution in [3.8, 4) is 0 Å². The maximum absolute atomic E-state index is 11.7. The van der Waals surface area contributed by atoms with Crippen molar-refractivity contribution >= 4 is 29.1 Å². The minimum Gasteiger partial charge on any atom is -0.352 e. The van der Waals surface area contributed by atoms with Crippen molar-refractivity contribution in [2.75, 3.05) is 20.1 Å². The Bertz CT molecular complexity index is 349. The molecule has 0 radical (unpaired) electrons. The first-order valence-corrected chi connectivity index (χ1v) is 5.78. The molecular formula is C11H14Cl2N2O. The van der Waals surface area contributed by atoms with Crippen LogP contribution in [-0.2, 0) is 0 Å². The van der Waals surface area contributed by atoms with Gasteiger partial charge in [-0.15, -0.1) is 0 Å². The monoisotopic (exact) mass is 260 g/mol. The number of benzene rings is 1. The second kappa shape index (κ2) is 6.74. The molecule has 0 fully saturated rings. The molecule has 0 aromatic heterocycles. The van der Waals surface area contributed by atoms with Gasteiger partial charge in [0.15, 0.2) is 0 Å². The second-order valence-corrected chi connectivity index (χ2v) is 4.24. The maximum Gasteiger partial charge on any atom is 0.251 e. The maximum atomic E-state index is 11.7. The third kappa shape index (κ3) is 4.39. The first-order chi connectivity index (χ1) is 7.63. The van der Waals surface area contributed by atoms with E-state index in [0.29, 0.717) is 22.2 Å². The zero-order valence-electron chi connectivity index (χ0n) is 9.02. The zero-order valence-corrected chi connectivity index (χ0v) is 10.5. The highest BCUT2D eigenvalue weighted by Gasteiger charge is 2.06. The van der Waals surface area contributed by atoms with Crippen LogP contribution in [-0.4, -0.2) is 26.0 Å². The SMILES string of the molecule is CNCCCNC(=O)c1cc(Cl)cc(Cl)c1. The molecule has 0 saturated heterocycles. The molecule has 1 aromatic rings. The summed E-state index contributed by atoms with van der Waals surface area (Å²) in [4.78, 5) is 11.7. The van der Waals surface area contributed by atoms with Crippen molar-refractivity contribution in [2.45, 2.75) is 6.42 Å². The molecule has 88 valence electrons. The summed E-state index contributed by atoms with van der Waals surface area (Å²) >= 11 is 11.6. The van der Waals surface area contributed by atoms with Crippen molar-refractivity contribution < 1.29 is 4.79 Å². The van der Waals surface area contributed by atoms with Crippen LogP contribution in [0.5, 0.6) is 0 Å². The van der Waals surface area contributed by atoms with Gasteiger partial charge in [0, 0.05) is 22.2 Å². The zero-order chi connectivity index (χ0) is 12.0. The van der Waals surface area contributed by atoms with Gasteiger partial charge in [-0.05, 0) is 38.2 Å². The van der Waals surface area contributed by atoms with Gasteiger partial charge in [0.05, 0.1) is 0 Å². The Morgan fingerprint density at radius 1 is 1.19 bits per heavy atom. The van der Waals surface area contributed by atoms with Crippen molar-refractivity contribution in [1.82, 2.24) is 10.6 Å². The molecule has 0 heterocycles. The molecule has 5 heteroatoms. The first-order valence-electron chi connectivity index (χ1n) is 5.02. The van der Waals surface area contributed by atoms with Crippen LogP contribution in [0.2, 0.25) is 10.0 Å². The molecule has 0 atom stereocenters. The molecule has 0 aliphatic rings. The fraction of sp³-hybridized carbons (Fsp3) is 0.364. The summed E-state index contributed by atoms with van der Waals surface area (Å²) in [6.07, 6.45) is 0.885. The summed E-state index contributed by atoms with van der Waals surface area (Å²) < 4.78 is 0. The summed E-state index contributed by atoms with van der Waals surface area (Å²) in [6, 6.07) is 4.79. The minimum absolute atomic E-state index is 0.152. The predicted octanol–water partition coefficient (Wildman–Crippen LogP) is 2.33. The number of halogens is 2. The topological polar surface area (TPSA) is 41.1 Å². The third-order valence-corrected chi connectivity index (χ3v) is 2.45. The highest BCUT2D eigenvalue weighted by Crippen LogP contribution is 2.18. The minimum atomic E-state index is -0.152. The van der Waals surface area contributed by atoms with Crippen molar-refractivity contribution in [2.24, 2.45) is 0 Å². The predicted molar refractivity (Wildman–Crippen MR) is 67.3 cm³/mol. The summed E-state index contributed by atoms with van der Waals surface area (Å²) in [6.45, 7) is 1.50. The summed E-state index contributed by atoms with van der Waals surface area (Å²) in [5.74, 6) is -0.152. The number of carbonyl (C=O) groups excluding carboxylic acids is 1. The summed E-state index contributed by atoms with van der Waals surface area (Å²) in [7, 11) is 1.87. The Morgan fingerprint density at radius 3 is 2.38 bits per heavy atom. The lowest BCUT2D eigenvalue weighted by Crippen LogP contribution is -2.26. The molecule has 0 aliphatic heterocycles. The van der Waals surface area contributed by atoms with E-state index in [2.05, 4.69) is 10.6 Å². The van der Waals surface area contributed by atoms with Gasteiger partial charge in [-0.1, -0.05) is 23.2 Å². The summed E-state index contributed by atoms with van der Waals surface area (Å²) in [5.41, 5.74) is 0.488. The lowest BCUT2D eigenvalue weighted by Gasteiger charge is -2.05. The van der Waals surface area contributed by atoms with Crippen LogP contribution >= 0.6 is 23.2 Å². The van der Waals surface area contributed by atoms with E-state index in [0.717, 1.165) is 13.0 Å². The van der Waals surface area contributed by atoms with Crippen LogP contribution in [0.25, 0.3) is 0 Å². The molecule has 3 nitrogen and oxygen atoms in total. The fourth-order valence-corrected chi connectivity index (χ4v) is 1.78. The molecule has 0 unspecified atom stereocenters. The van der Waals surface area contributed by atoms with Gasteiger partial charge in [0.25, 0.3) is 5.91 Å². The van der Waals surface area contributed by atoms with E-state index in [4.69, 9.17) is 23.2 Å².